The zero-order valence-corrected chi connectivity index (χ0v) is 15.4. The molecule has 0 bridgehead atoms. The Morgan fingerprint density at radius 2 is 2.07 bits per heavy atom. The highest BCUT2D eigenvalue weighted by Crippen LogP contribution is 2.34. The summed E-state index contributed by atoms with van der Waals surface area (Å²) >= 11 is 0. The van der Waals surface area contributed by atoms with Crippen molar-refractivity contribution in [2.45, 2.75) is 19.4 Å². The fourth-order valence-corrected chi connectivity index (χ4v) is 2.79. The van der Waals surface area contributed by atoms with Gasteiger partial charge in [-0.1, -0.05) is 6.07 Å². The number of halogens is 2. The number of nitrogens with one attached hydrogen (secondary N) is 2. The quantitative estimate of drug-likeness (QED) is 0.439. The molecular formula is C18H20F2N4O4. The summed E-state index contributed by atoms with van der Waals surface area (Å²) in [5.41, 5.74) is 0.110. The molecule has 0 fully saturated rings. The molecule has 0 saturated heterocycles. The van der Waals surface area contributed by atoms with Crippen LogP contribution in [0.2, 0.25) is 0 Å². The second kappa shape index (κ2) is 9.07. The number of nitrogens with zero attached hydrogens (tertiary/aromatic N) is 2. The van der Waals surface area contributed by atoms with Crippen molar-refractivity contribution in [3.8, 4) is 0 Å². The molecule has 8 nitrogen and oxygen atoms in total. The highest BCUT2D eigenvalue weighted by Gasteiger charge is 2.42. The van der Waals surface area contributed by atoms with Gasteiger partial charge in [0.1, 0.15) is 6.04 Å². The molecule has 1 aliphatic rings. The maximum absolute atomic E-state index is 13.8. The first-order chi connectivity index (χ1) is 13.3. The lowest BCUT2D eigenvalue weighted by atomic mass is 9.94. The Balaban J connectivity index is 2.49. The van der Waals surface area contributed by atoms with Crippen LogP contribution in [0.25, 0.3) is 0 Å². The standard InChI is InChI=1S/C18H20F2N4O4/c1-10-14(16(25)28-3)15(11-5-6-12(19)13(20)9-11)24(18(27)23-10)17(26)22-8-4-7-21-2/h5-6,9,15H,2,4,7-8H2,1,3H3,(H,22,26)(H,23,27). The molecule has 0 saturated carbocycles. The number of carbonyl (C=O) groups is 3. The van der Waals surface area contributed by atoms with E-state index < -0.39 is 35.7 Å². The molecule has 28 heavy (non-hydrogen) atoms. The highest BCUT2D eigenvalue weighted by atomic mass is 19.2. The summed E-state index contributed by atoms with van der Waals surface area (Å²) in [6.07, 6.45) is 0.485. The van der Waals surface area contributed by atoms with Gasteiger partial charge in [0.05, 0.1) is 12.7 Å². The molecule has 10 heteroatoms. The van der Waals surface area contributed by atoms with Gasteiger partial charge in [-0.2, -0.15) is 0 Å². The van der Waals surface area contributed by atoms with Crippen molar-refractivity contribution < 1.29 is 27.9 Å². The molecule has 2 N–H and O–H groups in total. The van der Waals surface area contributed by atoms with Crippen LogP contribution in [0.3, 0.4) is 0 Å². The molecule has 2 rings (SSSR count). The third-order valence-electron chi connectivity index (χ3n) is 4.10. The Hall–Kier alpha value is -3.30. The van der Waals surface area contributed by atoms with Crippen molar-refractivity contribution in [1.29, 1.82) is 0 Å². The van der Waals surface area contributed by atoms with E-state index in [0.29, 0.717) is 13.0 Å². The smallest absolute Gasteiger partial charge is 0.337 e. The van der Waals surface area contributed by atoms with Gasteiger partial charge in [0.25, 0.3) is 0 Å². The minimum absolute atomic E-state index is 0.0383. The van der Waals surface area contributed by atoms with E-state index in [2.05, 4.69) is 22.3 Å². The highest BCUT2D eigenvalue weighted by molar-refractivity contribution is 6.01. The normalized spacial score (nSPS) is 16.5. The van der Waals surface area contributed by atoms with E-state index in [9.17, 15) is 23.2 Å². The van der Waals surface area contributed by atoms with Gasteiger partial charge < -0.3 is 20.4 Å². The summed E-state index contributed by atoms with van der Waals surface area (Å²) < 4.78 is 31.9. The fraction of sp³-hybridized carbons (Fsp3) is 0.333. The molecule has 1 heterocycles. The van der Waals surface area contributed by atoms with E-state index in [-0.39, 0.29) is 23.4 Å². The Kier molecular flexibility index (Phi) is 6.80. The van der Waals surface area contributed by atoms with E-state index in [0.717, 1.165) is 24.1 Å². The number of aliphatic imine (C=N–C) groups is 1. The molecule has 150 valence electrons. The van der Waals surface area contributed by atoms with Crippen molar-refractivity contribution in [1.82, 2.24) is 15.5 Å². The Bertz CT molecular complexity index is 841. The molecule has 1 aliphatic heterocycles. The maximum Gasteiger partial charge on any atom is 0.337 e. The van der Waals surface area contributed by atoms with Gasteiger partial charge in [-0.3, -0.25) is 0 Å². The number of ether oxygens (including phenoxy) is 1. The number of imide groups is 1. The number of benzene rings is 1. The van der Waals surface area contributed by atoms with Crippen molar-refractivity contribution in [2.75, 3.05) is 20.2 Å². The Morgan fingerprint density at radius 3 is 2.68 bits per heavy atom. The third-order valence-corrected chi connectivity index (χ3v) is 4.10. The summed E-state index contributed by atoms with van der Waals surface area (Å²) in [5, 5.41) is 4.94. The lowest BCUT2D eigenvalue weighted by Gasteiger charge is -2.36. The van der Waals surface area contributed by atoms with Crippen molar-refractivity contribution >= 4 is 24.7 Å². The Morgan fingerprint density at radius 1 is 1.36 bits per heavy atom. The van der Waals surface area contributed by atoms with Crippen molar-refractivity contribution in [3.05, 3.63) is 46.7 Å². The van der Waals surface area contributed by atoms with Crippen LogP contribution < -0.4 is 10.6 Å². The number of allylic oxidation sites excluding steroid dienone is 1. The predicted molar refractivity (Wildman–Crippen MR) is 96.6 cm³/mol. The molecule has 1 unspecified atom stereocenters. The molecule has 0 radical (unpaired) electrons. The van der Waals surface area contributed by atoms with Gasteiger partial charge in [0, 0.05) is 18.8 Å². The largest absolute Gasteiger partial charge is 0.466 e. The minimum atomic E-state index is -1.30. The number of amides is 4. The van der Waals surface area contributed by atoms with Gasteiger partial charge in [-0.05, 0) is 37.8 Å². The first-order valence-electron chi connectivity index (χ1n) is 8.36. The zero-order chi connectivity index (χ0) is 20.8. The summed E-state index contributed by atoms with van der Waals surface area (Å²) in [6.45, 7) is 5.38. The number of urea groups is 2. The number of rotatable bonds is 6. The number of esters is 1. The van der Waals surface area contributed by atoms with Crippen LogP contribution in [0.15, 0.2) is 34.5 Å². The van der Waals surface area contributed by atoms with E-state index in [1.807, 2.05) is 0 Å². The predicted octanol–water partition coefficient (Wildman–Crippen LogP) is 2.28. The fourth-order valence-electron chi connectivity index (χ4n) is 2.79. The van der Waals surface area contributed by atoms with Crippen LogP contribution in [-0.2, 0) is 9.53 Å². The first-order valence-corrected chi connectivity index (χ1v) is 8.36. The van der Waals surface area contributed by atoms with Crippen LogP contribution in [-0.4, -0.2) is 49.8 Å². The number of carbonyl (C=O) groups excluding carboxylic acids is 3. The van der Waals surface area contributed by atoms with E-state index in [1.54, 1.807) is 0 Å². The zero-order valence-electron chi connectivity index (χ0n) is 15.4. The average Bonchev–Trinajstić information content (AvgIpc) is 2.66. The lowest BCUT2D eigenvalue weighted by Crippen LogP contribution is -2.54. The molecule has 1 aromatic carbocycles. The first kappa shape index (κ1) is 21.0. The molecule has 1 aromatic rings. The summed E-state index contributed by atoms with van der Waals surface area (Å²) in [6, 6.07) is -0.0534. The molecule has 0 aromatic heterocycles. The molecule has 4 amide bonds. The van der Waals surface area contributed by atoms with Gasteiger partial charge in [-0.25, -0.2) is 28.1 Å². The molecule has 0 spiro atoms. The van der Waals surface area contributed by atoms with E-state index in [4.69, 9.17) is 4.74 Å². The monoisotopic (exact) mass is 394 g/mol. The number of hydrogen-bond donors (Lipinski definition) is 2. The second-order valence-electron chi connectivity index (χ2n) is 5.94. The topological polar surface area (TPSA) is 100 Å². The average molecular weight is 394 g/mol. The van der Waals surface area contributed by atoms with Crippen molar-refractivity contribution in [3.63, 3.8) is 0 Å². The molecular weight excluding hydrogens is 374 g/mol. The summed E-state index contributed by atoms with van der Waals surface area (Å²) in [4.78, 5) is 41.8. The summed E-state index contributed by atoms with van der Waals surface area (Å²) in [5.74, 6) is -3.10. The van der Waals surface area contributed by atoms with E-state index in [1.165, 1.54) is 13.0 Å². The van der Waals surface area contributed by atoms with Crippen LogP contribution in [0, 0.1) is 11.6 Å². The lowest BCUT2D eigenvalue weighted by molar-refractivity contribution is -0.136. The van der Waals surface area contributed by atoms with Crippen LogP contribution in [0.1, 0.15) is 24.9 Å². The van der Waals surface area contributed by atoms with Gasteiger partial charge >= 0.3 is 18.0 Å². The molecule has 1 atom stereocenters. The number of hydrogen-bond acceptors (Lipinski definition) is 5. The second-order valence-corrected chi connectivity index (χ2v) is 5.94. The number of methoxy groups -OCH3 is 1. The Labute approximate surface area is 160 Å². The van der Waals surface area contributed by atoms with Crippen LogP contribution >= 0.6 is 0 Å². The van der Waals surface area contributed by atoms with Gasteiger partial charge in [0.15, 0.2) is 11.6 Å². The third kappa shape index (κ3) is 4.33. The van der Waals surface area contributed by atoms with E-state index >= 15 is 0 Å². The van der Waals surface area contributed by atoms with Gasteiger partial charge in [-0.15, -0.1) is 0 Å². The van der Waals surface area contributed by atoms with Crippen molar-refractivity contribution in [2.24, 2.45) is 4.99 Å². The molecule has 0 aliphatic carbocycles. The SMILES string of the molecule is C=NCCCNC(=O)N1C(=O)NC(C)=C(C(=O)OC)C1c1ccc(F)c(F)c1. The summed E-state index contributed by atoms with van der Waals surface area (Å²) in [7, 11) is 1.13. The minimum Gasteiger partial charge on any atom is -0.466 e. The van der Waals surface area contributed by atoms with Gasteiger partial charge in [0.2, 0.25) is 0 Å². The maximum atomic E-state index is 13.8. The van der Waals surface area contributed by atoms with Crippen LogP contribution in [0.5, 0.6) is 0 Å². The van der Waals surface area contributed by atoms with Crippen LogP contribution in [0.4, 0.5) is 18.4 Å².